The highest BCUT2D eigenvalue weighted by Gasteiger charge is 2.31. The van der Waals surface area contributed by atoms with Gasteiger partial charge in [-0.15, -0.1) is 11.3 Å². The number of halogens is 1. The average Bonchev–Trinajstić information content (AvgIpc) is 3.52. The molecule has 1 aliphatic heterocycles. The summed E-state index contributed by atoms with van der Waals surface area (Å²) >= 11 is 7.42. The molecule has 1 unspecified atom stereocenters. The SMILES string of the molecule is CC1CN(c2ccc(S(=O)(=O)Nc3nccs3)cc2)CCN1C(=O)[C@@H](C)n1ccc2ccc(Cl)cc21.[HH]. The van der Waals surface area contributed by atoms with Gasteiger partial charge in [0.2, 0.25) is 5.91 Å². The van der Waals surface area contributed by atoms with Crippen molar-refractivity contribution >= 4 is 60.6 Å². The Hall–Kier alpha value is -3.08. The lowest BCUT2D eigenvalue weighted by Crippen LogP contribution is -2.55. The number of nitrogens with one attached hydrogen (secondary N) is 1. The van der Waals surface area contributed by atoms with Gasteiger partial charge in [0.1, 0.15) is 6.04 Å². The molecule has 2 atom stereocenters. The summed E-state index contributed by atoms with van der Waals surface area (Å²) in [6, 6.07) is 14.1. The van der Waals surface area contributed by atoms with Crippen LogP contribution < -0.4 is 9.62 Å². The Kier molecular flexibility index (Phi) is 6.67. The molecule has 2 aromatic heterocycles. The predicted molar refractivity (Wildman–Crippen MR) is 147 cm³/mol. The van der Waals surface area contributed by atoms with Gasteiger partial charge in [-0.3, -0.25) is 9.52 Å². The number of thiazole rings is 1. The third-order valence-electron chi connectivity index (χ3n) is 6.54. The first-order valence-electron chi connectivity index (χ1n) is 11.6. The van der Waals surface area contributed by atoms with E-state index >= 15 is 0 Å². The van der Waals surface area contributed by atoms with Crippen LogP contribution in [0.3, 0.4) is 0 Å². The Morgan fingerprint density at radius 1 is 1.19 bits per heavy atom. The minimum Gasteiger partial charge on any atom is -0.368 e. The van der Waals surface area contributed by atoms with Gasteiger partial charge in [0.05, 0.1) is 10.4 Å². The van der Waals surface area contributed by atoms with Gasteiger partial charge in [-0.1, -0.05) is 17.7 Å². The number of nitrogens with zero attached hydrogens (tertiary/aromatic N) is 4. The van der Waals surface area contributed by atoms with Crippen LogP contribution in [0.15, 0.2) is 71.2 Å². The highest BCUT2D eigenvalue weighted by Crippen LogP contribution is 2.27. The van der Waals surface area contributed by atoms with Crippen molar-refractivity contribution in [3.05, 3.63) is 71.3 Å². The lowest BCUT2D eigenvalue weighted by Gasteiger charge is -2.42. The van der Waals surface area contributed by atoms with Gasteiger partial charge < -0.3 is 14.4 Å². The second-order valence-corrected chi connectivity index (χ2v) is 11.9. The summed E-state index contributed by atoms with van der Waals surface area (Å²) in [4.78, 5) is 21.7. The number of carbonyl (C=O) groups excluding carboxylic acids is 1. The molecule has 0 aliphatic carbocycles. The molecule has 0 spiro atoms. The van der Waals surface area contributed by atoms with E-state index in [1.54, 1.807) is 35.8 Å². The molecular weight excluding hydrogens is 518 g/mol. The van der Waals surface area contributed by atoms with E-state index in [9.17, 15) is 13.2 Å². The number of rotatable bonds is 6. The van der Waals surface area contributed by atoms with E-state index in [-0.39, 0.29) is 24.3 Å². The van der Waals surface area contributed by atoms with E-state index < -0.39 is 10.0 Å². The van der Waals surface area contributed by atoms with Crippen LogP contribution in [0, 0.1) is 0 Å². The normalized spacial score (nSPS) is 17.4. The van der Waals surface area contributed by atoms with E-state index in [0.29, 0.717) is 29.8 Å². The number of benzene rings is 2. The molecule has 5 rings (SSSR count). The maximum atomic E-state index is 13.4. The number of piperazine rings is 1. The topological polar surface area (TPSA) is 87.5 Å². The second kappa shape index (κ2) is 9.76. The van der Waals surface area contributed by atoms with Crippen LogP contribution in [0.2, 0.25) is 5.02 Å². The molecule has 1 fully saturated rings. The summed E-state index contributed by atoms with van der Waals surface area (Å²) in [6.07, 6.45) is 3.48. The van der Waals surface area contributed by atoms with Crippen LogP contribution in [0.5, 0.6) is 0 Å². The van der Waals surface area contributed by atoms with Gasteiger partial charge in [0.15, 0.2) is 5.13 Å². The lowest BCUT2D eigenvalue weighted by atomic mass is 10.1. The second-order valence-electron chi connectivity index (χ2n) is 8.87. The maximum Gasteiger partial charge on any atom is 0.263 e. The molecule has 36 heavy (non-hydrogen) atoms. The highest BCUT2D eigenvalue weighted by molar-refractivity contribution is 7.93. The Morgan fingerprint density at radius 3 is 2.67 bits per heavy atom. The summed E-state index contributed by atoms with van der Waals surface area (Å²) in [5.41, 5.74) is 1.86. The van der Waals surface area contributed by atoms with Crippen molar-refractivity contribution in [3.63, 3.8) is 0 Å². The fourth-order valence-corrected chi connectivity index (χ4v) is 6.58. The number of hydrogen-bond donors (Lipinski definition) is 1. The average molecular weight is 546 g/mol. The Labute approximate surface area is 220 Å². The Bertz CT molecular complexity index is 1490. The third-order valence-corrected chi connectivity index (χ3v) is 8.94. The standard InChI is InChI=1S/C25H26ClN5O3S2.H2/c1-17-16-29(21-5-7-22(8-6-21)36(33,34)28-25-27-10-14-35-25)12-13-30(17)24(32)18(2)31-11-9-19-3-4-20(26)15-23(19)31;/h3-11,14-15,17-18H,12-13,16H2,1-2H3,(H,27,28);1H/t17?,18-;/m1./s1. The lowest BCUT2D eigenvalue weighted by molar-refractivity contribution is -0.136. The summed E-state index contributed by atoms with van der Waals surface area (Å²) in [5, 5.41) is 3.73. The van der Waals surface area contributed by atoms with E-state index in [4.69, 9.17) is 11.6 Å². The number of carbonyl (C=O) groups is 1. The minimum absolute atomic E-state index is 0. The van der Waals surface area contributed by atoms with Crippen LogP contribution >= 0.6 is 22.9 Å². The van der Waals surface area contributed by atoms with E-state index in [2.05, 4.69) is 14.6 Å². The van der Waals surface area contributed by atoms with Crippen LogP contribution in [-0.2, 0) is 14.8 Å². The molecule has 0 bridgehead atoms. The van der Waals surface area contributed by atoms with Crippen molar-refractivity contribution < 1.29 is 14.6 Å². The molecule has 3 heterocycles. The fraction of sp³-hybridized carbons (Fsp3) is 0.280. The summed E-state index contributed by atoms with van der Waals surface area (Å²) in [5.74, 6) is 0.0642. The molecule has 1 saturated heterocycles. The molecule has 2 aromatic carbocycles. The number of fused-ring (bicyclic) bond motifs is 1. The van der Waals surface area contributed by atoms with E-state index in [1.807, 2.05) is 53.8 Å². The number of anilines is 2. The van der Waals surface area contributed by atoms with Gasteiger partial charge in [0.25, 0.3) is 10.0 Å². The number of hydrogen-bond acceptors (Lipinski definition) is 6. The monoisotopic (exact) mass is 545 g/mol. The molecular formula is C25H28ClN5O3S2. The molecule has 0 radical (unpaired) electrons. The first-order chi connectivity index (χ1) is 17.2. The summed E-state index contributed by atoms with van der Waals surface area (Å²) in [6.45, 7) is 5.85. The van der Waals surface area contributed by atoms with Crippen molar-refractivity contribution in [2.24, 2.45) is 0 Å². The Balaban J connectivity index is 0.00000320. The third kappa shape index (κ3) is 4.80. The van der Waals surface area contributed by atoms with Crippen LogP contribution in [0.4, 0.5) is 10.8 Å². The molecule has 190 valence electrons. The van der Waals surface area contributed by atoms with Gasteiger partial charge in [-0.05, 0) is 61.7 Å². The quantitative estimate of drug-likeness (QED) is 0.364. The van der Waals surface area contributed by atoms with Crippen molar-refractivity contribution in [1.29, 1.82) is 0 Å². The molecule has 1 amide bonds. The fourth-order valence-electron chi connectivity index (χ4n) is 4.62. The van der Waals surface area contributed by atoms with E-state index in [1.165, 1.54) is 11.3 Å². The first kappa shape index (κ1) is 24.6. The number of amides is 1. The zero-order valence-corrected chi connectivity index (χ0v) is 22.2. The van der Waals surface area contributed by atoms with Crippen molar-refractivity contribution in [2.45, 2.75) is 30.8 Å². The molecule has 1 N–H and O–H groups in total. The molecule has 11 heteroatoms. The van der Waals surface area contributed by atoms with Crippen molar-refractivity contribution in [1.82, 2.24) is 14.5 Å². The molecule has 8 nitrogen and oxygen atoms in total. The molecule has 4 aromatic rings. The van der Waals surface area contributed by atoms with Gasteiger partial charge in [-0.25, -0.2) is 13.4 Å². The van der Waals surface area contributed by atoms with Crippen molar-refractivity contribution in [3.8, 4) is 0 Å². The van der Waals surface area contributed by atoms with Crippen LogP contribution in [0.25, 0.3) is 10.9 Å². The number of aromatic nitrogens is 2. The smallest absolute Gasteiger partial charge is 0.263 e. The van der Waals surface area contributed by atoms with Crippen LogP contribution in [0.1, 0.15) is 21.3 Å². The molecule has 0 saturated carbocycles. The minimum atomic E-state index is -3.70. The number of sulfonamides is 1. The van der Waals surface area contributed by atoms with Gasteiger partial charge in [-0.2, -0.15) is 0 Å². The van der Waals surface area contributed by atoms with E-state index in [0.717, 1.165) is 16.6 Å². The zero-order valence-electron chi connectivity index (χ0n) is 19.8. The van der Waals surface area contributed by atoms with Crippen LogP contribution in [-0.4, -0.2) is 54.5 Å². The summed E-state index contributed by atoms with van der Waals surface area (Å²) < 4.78 is 29.7. The predicted octanol–water partition coefficient (Wildman–Crippen LogP) is 5.10. The summed E-state index contributed by atoms with van der Waals surface area (Å²) in [7, 11) is -3.70. The van der Waals surface area contributed by atoms with Gasteiger partial charge in [0, 0.05) is 55.6 Å². The zero-order chi connectivity index (χ0) is 25.4. The first-order valence-corrected chi connectivity index (χ1v) is 14.3. The Morgan fingerprint density at radius 2 is 1.97 bits per heavy atom. The van der Waals surface area contributed by atoms with Crippen molar-refractivity contribution in [2.75, 3.05) is 29.3 Å². The van der Waals surface area contributed by atoms with Gasteiger partial charge >= 0.3 is 0 Å². The molecule has 1 aliphatic rings. The maximum absolute atomic E-state index is 13.4. The highest BCUT2D eigenvalue weighted by atomic mass is 35.5. The largest absolute Gasteiger partial charge is 0.368 e.